The first-order valence-electron chi connectivity index (χ1n) is 21.4. The van der Waals surface area contributed by atoms with E-state index in [9.17, 15) is 14.7 Å². The van der Waals surface area contributed by atoms with Crippen LogP contribution in [0.25, 0.3) is 41.0 Å². The van der Waals surface area contributed by atoms with E-state index in [1.807, 2.05) is 44.2 Å². The number of aliphatic hydroxyl groups excluding tert-OH is 1. The van der Waals surface area contributed by atoms with Crippen molar-refractivity contribution in [2.24, 2.45) is 23.7 Å². The Morgan fingerprint density at radius 3 is 2.34 bits per heavy atom. The van der Waals surface area contributed by atoms with Crippen LogP contribution in [0.2, 0.25) is 0 Å². The monoisotopic (exact) mass is 810 g/mol. The Bertz CT molecular complexity index is 2370. The maximum atomic E-state index is 13.6. The summed E-state index contributed by atoms with van der Waals surface area (Å²) in [4.78, 5) is 42.2. The minimum Gasteiger partial charge on any atom is -0.681 e. The van der Waals surface area contributed by atoms with Gasteiger partial charge in [0.25, 0.3) is 0 Å². The van der Waals surface area contributed by atoms with Crippen LogP contribution < -0.4 is 36.2 Å². The zero-order valence-electron chi connectivity index (χ0n) is 36.8. The molecule has 0 radical (unpaired) electrons. The Labute approximate surface area is 366 Å². The molecule has 6 rings (SSSR count). The summed E-state index contributed by atoms with van der Waals surface area (Å²) in [6.45, 7) is 21.3. The van der Waals surface area contributed by atoms with Crippen molar-refractivity contribution in [2.45, 2.75) is 126 Å². The van der Waals surface area contributed by atoms with Gasteiger partial charge >= 0.3 is 35.0 Å². The van der Waals surface area contributed by atoms with Crippen LogP contribution in [0, 0.1) is 44.4 Å². The van der Waals surface area contributed by atoms with Gasteiger partial charge < -0.3 is 34.8 Å². The molecule has 3 aliphatic rings. The number of fused-ring (bicyclic) bond motifs is 8. The Morgan fingerprint density at radius 1 is 0.932 bits per heavy atom. The molecule has 0 aromatic carbocycles. The van der Waals surface area contributed by atoms with E-state index in [4.69, 9.17) is 29.7 Å². The van der Waals surface area contributed by atoms with Crippen LogP contribution in [-0.2, 0) is 25.5 Å². The third-order valence-corrected chi connectivity index (χ3v) is 12.9. The summed E-state index contributed by atoms with van der Waals surface area (Å²) in [6.07, 6.45) is 19.8. The molecule has 3 aromatic rings. The average molecular weight is 811 g/mol. The van der Waals surface area contributed by atoms with Crippen LogP contribution in [-0.4, -0.2) is 59.9 Å². The summed E-state index contributed by atoms with van der Waals surface area (Å²) < 4.78 is 11.1. The average Bonchev–Trinajstić information content (AvgIpc) is 3.94. The fraction of sp³-hybridized carbons (Fsp3) is 0.510. The van der Waals surface area contributed by atoms with Crippen molar-refractivity contribution >= 4 is 70.6 Å². The Hall–Kier alpha value is -4.15. The molecule has 0 amide bonds. The predicted molar refractivity (Wildman–Crippen MR) is 238 cm³/mol. The van der Waals surface area contributed by atoms with Crippen LogP contribution in [0.3, 0.4) is 0 Å². The molecule has 1 fully saturated rings. The first-order chi connectivity index (χ1) is 27.8. The minimum absolute atomic E-state index is 0. The number of unbranched alkanes of at least 4 members (excludes halogenated alkanes) is 2. The zero-order valence-corrected chi connectivity index (χ0v) is 38.2. The van der Waals surface area contributed by atoms with Crippen molar-refractivity contribution in [3.8, 4) is 0 Å². The first-order valence-corrected chi connectivity index (χ1v) is 21.4. The number of esters is 2. The zero-order chi connectivity index (χ0) is 41.8. The molecule has 9 nitrogen and oxygen atoms in total. The SMILES string of the molecule is C=Cc1c2[n-]c(c1C)/C=C1\[N-]C(C3=c4[n-]c(c(C)c4=C(O)[C@@H]3C(=O)OC)/C=c3\[n-]/c(c(C)c3CC)=C\2)[C@@H](CCC(=O)OC/C=C(/C)CCC[C@@H](C)CCCCC)[C@@H]1C.[Mg+2]. The van der Waals surface area contributed by atoms with Gasteiger partial charge in [-0.2, -0.15) is 5.70 Å². The molecule has 1 saturated heterocycles. The standard InChI is InChI=1S/C49H62N4O5.Mg/c1-11-14-15-17-27(4)18-16-19-28(5)22-23-58-42(54)21-20-35-31(8)38-24-36-29(6)33(12-2)40(50-36)25-37-30(7)34(13-3)41(51-37)26-39-32(9)43-47(53-39)44(46(35)52-38)45(48(43)55)49(56)57-10;/h12,22,24-27,31,35,45-46,55H,2,11,13-21,23H2,1,3-10H3;/q-4;+2/b28-22-,37-25-,38-24-,41-26-;/t27-,31-,35-,45+,46?;/m0./s1. The van der Waals surface area contributed by atoms with E-state index < -0.39 is 17.9 Å². The van der Waals surface area contributed by atoms with E-state index in [1.165, 1.54) is 44.8 Å². The summed E-state index contributed by atoms with van der Waals surface area (Å²) in [5.41, 5.74) is 9.72. The number of aromatic nitrogens is 3. The van der Waals surface area contributed by atoms with Crippen molar-refractivity contribution in [2.75, 3.05) is 13.7 Å². The first kappa shape index (κ1) is 45.9. The molecule has 1 unspecified atom stereocenters. The molecule has 0 saturated carbocycles. The summed E-state index contributed by atoms with van der Waals surface area (Å²) in [5, 5.41) is 19.9. The minimum atomic E-state index is -1.07. The van der Waals surface area contributed by atoms with E-state index in [1.54, 1.807) is 0 Å². The van der Waals surface area contributed by atoms with Crippen LogP contribution >= 0.6 is 0 Å². The number of carbonyl (C=O) groups excluding carboxylic acids is 2. The molecule has 312 valence electrons. The predicted octanol–water partition coefficient (Wildman–Crippen LogP) is 6.60. The quantitative estimate of drug-likeness (QED) is 0.0742. The molecule has 3 aromatic heterocycles. The van der Waals surface area contributed by atoms with Crippen LogP contribution in [0.5, 0.6) is 0 Å². The van der Waals surface area contributed by atoms with E-state index in [2.05, 4.69) is 48.1 Å². The number of hydrogen-bond acceptors (Lipinski definition) is 5. The van der Waals surface area contributed by atoms with Crippen LogP contribution in [0.15, 0.2) is 23.9 Å². The van der Waals surface area contributed by atoms with Gasteiger partial charge in [0, 0.05) is 11.6 Å². The molecule has 1 aliphatic carbocycles. The van der Waals surface area contributed by atoms with Gasteiger partial charge in [-0.1, -0.05) is 130 Å². The van der Waals surface area contributed by atoms with Crippen molar-refractivity contribution in [1.29, 1.82) is 0 Å². The Kier molecular flexibility index (Phi) is 15.5. The summed E-state index contributed by atoms with van der Waals surface area (Å²) in [5.74, 6) is -1.60. The number of rotatable bonds is 16. The second kappa shape index (κ2) is 19.9. The number of ether oxygens (including phenoxy) is 2. The second-order valence-electron chi connectivity index (χ2n) is 16.8. The molecule has 0 spiro atoms. The summed E-state index contributed by atoms with van der Waals surface area (Å²) in [7, 11) is 1.33. The number of nitrogens with zero attached hydrogens (tertiary/aromatic N) is 4. The summed E-state index contributed by atoms with van der Waals surface area (Å²) >= 11 is 0. The molecule has 2 aliphatic heterocycles. The molecular weight excluding hydrogens is 749 g/mol. The molecule has 5 atom stereocenters. The van der Waals surface area contributed by atoms with E-state index in [0.717, 1.165) is 80.8 Å². The number of methoxy groups -OCH3 is 1. The molecule has 5 heterocycles. The normalized spacial score (nSPS) is 22.0. The largest absolute Gasteiger partial charge is 2.00 e. The van der Waals surface area contributed by atoms with Gasteiger partial charge in [-0.05, 0) is 82.8 Å². The second-order valence-corrected chi connectivity index (χ2v) is 16.8. The topological polar surface area (TPSA) is 129 Å². The third-order valence-electron chi connectivity index (χ3n) is 12.9. The van der Waals surface area contributed by atoms with Gasteiger partial charge in [-0.15, -0.1) is 33.1 Å². The van der Waals surface area contributed by atoms with Gasteiger partial charge in [0.1, 0.15) is 18.3 Å². The third kappa shape index (κ3) is 9.44. The molecule has 1 N–H and O–H groups in total. The maximum Gasteiger partial charge on any atom is 2.00 e. The number of aliphatic hydroxyl groups is 1. The van der Waals surface area contributed by atoms with Crippen molar-refractivity contribution in [1.82, 2.24) is 15.0 Å². The summed E-state index contributed by atoms with van der Waals surface area (Å²) in [6, 6.07) is -0.569. The van der Waals surface area contributed by atoms with E-state index >= 15 is 0 Å². The number of allylic oxidation sites excluding steroid dienone is 2. The number of carbonyl (C=O) groups is 2. The van der Waals surface area contributed by atoms with Gasteiger partial charge in [-0.3, -0.25) is 9.59 Å². The molecule has 59 heavy (non-hydrogen) atoms. The van der Waals surface area contributed by atoms with Crippen molar-refractivity contribution < 1.29 is 24.2 Å². The fourth-order valence-corrected chi connectivity index (χ4v) is 9.27. The molecular formula is C49H62MgN4O5-2. The number of hydrogen-bond donors (Lipinski definition) is 1. The van der Waals surface area contributed by atoms with Crippen LogP contribution in [0.1, 0.15) is 137 Å². The fourth-order valence-electron chi connectivity index (χ4n) is 9.27. The van der Waals surface area contributed by atoms with Gasteiger partial charge in [-0.25, -0.2) is 0 Å². The van der Waals surface area contributed by atoms with E-state index in [-0.39, 0.29) is 59.6 Å². The van der Waals surface area contributed by atoms with Crippen LogP contribution in [0.4, 0.5) is 0 Å². The van der Waals surface area contributed by atoms with Crippen molar-refractivity contribution in [3.05, 3.63) is 95.4 Å². The van der Waals surface area contributed by atoms with Crippen molar-refractivity contribution in [3.63, 3.8) is 0 Å². The van der Waals surface area contributed by atoms with Gasteiger partial charge in [0.05, 0.1) is 7.11 Å². The smallest absolute Gasteiger partial charge is 0.681 e. The van der Waals surface area contributed by atoms with Gasteiger partial charge in [0.2, 0.25) is 0 Å². The van der Waals surface area contributed by atoms with E-state index in [0.29, 0.717) is 28.3 Å². The maximum absolute atomic E-state index is 13.6. The molecule has 8 bridgehead atoms. The van der Waals surface area contributed by atoms with Gasteiger partial charge in [0.15, 0.2) is 0 Å². The Morgan fingerprint density at radius 2 is 1.64 bits per heavy atom. The molecule has 10 heteroatoms. The Balaban J connectivity index is 0.00000661.